The highest BCUT2D eigenvalue weighted by molar-refractivity contribution is 14.1. The van der Waals surface area contributed by atoms with Crippen LogP contribution in [0.4, 0.5) is 13.2 Å². The zero-order valence-corrected chi connectivity index (χ0v) is 10.3. The Bertz CT molecular complexity index is 296. The van der Waals surface area contributed by atoms with Gasteiger partial charge in [0.15, 0.2) is 5.69 Å². The summed E-state index contributed by atoms with van der Waals surface area (Å²) in [4.78, 5) is 0. The maximum atomic E-state index is 12.2. The molecule has 0 amide bonds. The van der Waals surface area contributed by atoms with E-state index in [9.17, 15) is 13.2 Å². The molecule has 0 saturated heterocycles. The quantitative estimate of drug-likeness (QED) is 0.458. The molecule has 0 saturated carbocycles. The van der Waals surface area contributed by atoms with E-state index in [1.807, 2.05) is 0 Å². The van der Waals surface area contributed by atoms with Crippen molar-refractivity contribution in [2.75, 3.05) is 4.43 Å². The zero-order valence-electron chi connectivity index (χ0n) is 8.10. The second kappa shape index (κ2) is 5.72. The molecule has 0 atom stereocenters. The van der Waals surface area contributed by atoms with Crippen molar-refractivity contribution in [3.05, 3.63) is 18.0 Å². The van der Waals surface area contributed by atoms with Gasteiger partial charge in [-0.1, -0.05) is 29.0 Å². The van der Waals surface area contributed by atoms with Crippen molar-refractivity contribution >= 4 is 22.6 Å². The monoisotopic (exact) mass is 332 g/mol. The summed E-state index contributed by atoms with van der Waals surface area (Å²) in [5, 5.41) is 3.47. The molecule has 15 heavy (non-hydrogen) atoms. The second-order valence-corrected chi connectivity index (χ2v) is 4.29. The van der Waals surface area contributed by atoms with Crippen molar-refractivity contribution in [3.8, 4) is 0 Å². The lowest BCUT2D eigenvalue weighted by atomic mass is 10.2. The number of aromatic nitrogens is 2. The molecule has 0 aliphatic heterocycles. The van der Waals surface area contributed by atoms with Gasteiger partial charge in [0.1, 0.15) is 0 Å². The smallest absolute Gasteiger partial charge is 0.272 e. The maximum absolute atomic E-state index is 12.2. The molecule has 1 rings (SSSR count). The normalized spacial score (nSPS) is 12.0. The summed E-state index contributed by atoms with van der Waals surface area (Å²) < 4.78 is 38.9. The standard InChI is InChI=1S/C9H12F3IN2/c10-9(11,12)8-4-7-15(14-8)6-3-1-2-5-13/h4,7H,1-3,5-6H2. The van der Waals surface area contributed by atoms with E-state index >= 15 is 0 Å². The summed E-state index contributed by atoms with van der Waals surface area (Å²) in [6, 6.07) is 1.01. The summed E-state index contributed by atoms with van der Waals surface area (Å²) in [6.07, 6.45) is 0.0699. The zero-order chi connectivity index (χ0) is 11.3. The van der Waals surface area contributed by atoms with Gasteiger partial charge in [-0.25, -0.2) is 0 Å². The van der Waals surface area contributed by atoms with Crippen molar-refractivity contribution in [2.24, 2.45) is 0 Å². The number of rotatable bonds is 5. The third kappa shape index (κ3) is 4.40. The van der Waals surface area contributed by atoms with E-state index in [2.05, 4.69) is 27.7 Å². The summed E-state index contributed by atoms with van der Waals surface area (Å²) in [7, 11) is 0. The highest BCUT2D eigenvalue weighted by atomic mass is 127. The average Bonchev–Trinajstić information content (AvgIpc) is 2.60. The van der Waals surface area contributed by atoms with Gasteiger partial charge in [0.05, 0.1) is 0 Å². The molecule has 0 bridgehead atoms. The van der Waals surface area contributed by atoms with Crippen LogP contribution < -0.4 is 0 Å². The Kier molecular flexibility index (Phi) is 4.88. The minimum atomic E-state index is -4.33. The molecule has 0 unspecified atom stereocenters. The maximum Gasteiger partial charge on any atom is 0.435 e. The van der Waals surface area contributed by atoms with Gasteiger partial charge in [0, 0.05) is 12.7 Å². The topological polar surface area (TPSA) is 17.8 Å². The molecule has 1 aromatic heterocycles. The molecule has 0 N–H and O–H groups in total. The third-order valence-corrected chi connectivity index (χ3v) is 2.71. The van der Waals surface area contributed by atoms with Crippen LogP contribution in [-0.4, -0.2) is 14.2 Å². The van der Waals surface area contributed by atoms with Crippen LogP contribution in [0.3, 0.4) is 0 Å². The molecule has 6 heteroatoms. The number of halogens is 4. The molecule has 0 aliphatic carbocycles. The molecule has 0 radical (unpaired) electrons. The number of alkyl halides is 4. The fraction of sp³-hybridized carbons (Fsp3) is 0.667. The van der Waals surface area contributed by atoms with E-state index in [0.29, 0.717) is 6.54 Å². The minimum Gasteiger partial charge on any atom is -0.272 e. The number of aryl methyl sites for hydroxylation is 1. The fourth-order valence-electron chi connectivity index (χ4n) is 1.18. The van der Waals surface area contributed by atoms with E-state index in [0.717, 1.165) is 29.8 Å². The molecule has 86 valence electrons. The first kappa shape index (κ1) is 12.8. The van der Waals surface area contributed by atoms with Gasteiger partial charge in [0.2, 0.25) is 0 Å². The average molecular weight is 332 g/mol. The molecule has 0 spiro atoms. The first-order valence-electron chi connectivity index (χ1n) is 4.70. The summed E-state index contributed by atoms with van der Waals surface area (Å²) >= 11 is 2.29. The molecular weight excluding hydrogens is 320 g/mol. The van der Waals surface area contributed by atoms with E-state index in [1.54, 1.807) is 0 Å². The van der Waals surface area contributed by atoms with Crippen molar-refractivity contribution < 1.29 is 13.2 Å². The van der Waals surface area contributed by atoms with Gasteiger partial charge in [-0.05, 0) is 23.3 Å². The highest BCUT2D eigenvalue weighted by Crippen LogP contribution is 2.27. The molecular formula is C9H12F3IN2. The molecule has 0 fully saturated rings. The summed E-state index contributed by atoms with van der Waals surface area (Å²) in [5.74, 6) is 0. The van der Waals surface area contributed by atoms with E-state index in [4.69, 9.17) is 0 Å². The van der Waals surface area contributed by atoms with Crippen molar-refractivity contribution in [2.45, 2.75) is 32.0 Å². The molecule has 1 aromatic rings. The van der Waals surface area contributed by atoms with Gasteiger partial charge in [-0.3, -0.25) is 4.68 Å². The number of nitrogens with zero attached hydrogens (tertiary/aromatic N) is 2. The number of unbranched alkanes of at least 4 members (excludes halogenated alkanes) is 2. The van der Waals surface area contributed by atoms with Gasteiger partial charge in [0.25, 0.3) is 0 Å². The van der Waals surface area contributed by atoms with Crippen LogP contribution in [0.5, 0.6) is 0 Å². The van der Waals surface area contributed by atoms with Crippen LogP contribution in [0.2, 0.25) is 0 Å². The van der Waals surface area contributed by atoms with Crippen LogP contribution in [-0.2, 0) is 12.7 Å². The van der Waals surface area contributed by atoms with Gasteiger partial charge in [-0.2, -0.15) is 18.3 Å². The van der Waals surface area contributed by atoms with Crippen molar-refractivity contribution in [3.63, 3.8) is 0 Å². The van der Waals surface area contributed by atoms with Crippen LogP contribution in [0.15, 0.2) is 12.3 Å². The lowest BCUT2D eigenvalue weighted by Gasteiger charge is -2.02. The number of hydrogen-bond acceptors (Lipinski definition) is 1. The van der Waals surface area contributed by atoms with E-state index in [1.165, 1.54) is 10.9 Å². The summed E-state index contributed by atoms with van der Waals surface area (Å²) in [6.45, 7) is 0.562. The Hall–Kier alpha value is -0.270. The Balaban J connectivity index is 2.40. The van der Waals surface area contributed by atoms with Crippen LogP contribution in [0.1, 0.15) is 25.0 Å². The fourth-order valence-corrected chi connectivity index (χ4v) is 1.72. The Labute approximate surface area is 100.0 Å². The predicted molar refractivity (Wildman–Crippen MR) is 60.0 cm³/mol. The van der Waals surface area contributed by atoms with Crippen LogP contribution >= 0.6 is 22.6 Å². The Morgan fingerprint density at radius 1 is 1.27 bits per heavy atom. The Morgan fingerprint density at radius 3 is 2.53 bits per heavy atom. The molecule has 1 heterocycles. The minimum absolute atomic E-state index is 0.562. The van der Waals surface area contributed by atoms with Crippen molar-refractivity contribution in [1.82, 2.24) is 9.78 Å². The lowest BCUT2D eigenvalue weighted by Crippen LogP contribution is -2.08. The Morgan fingerprint density at radius 2 is 2.00 bits per heavy atom. The van der Waals surface area contributed by atoms with Crippen molar-refractivity contribution in [1.29, 1.82) is 0 Å². The van der Waals surface area contributed by atoms with Crippen LogP contribution in [0, 0.1) is 0 Å². The largest absolute Gasteiger partial charge is 0.435 e. The van der Waals surface area contributed by atoms with Gasteiger partial charge < -0.3 is 0 Å². The lowest BCUT2D eigenvalue weighted by molar-refractivity contribution is -0.141. The first-order valence-corrected chi connectivity index (χ1v) is 6.23. The predicted octanol–water partition coefficient (Wildman–Crippen LogP) is 3.51. The summed E-state index contributed by atoms with van der Waals surface area (Å²) in [5.41, 5.74) is -0.809. The first-order chi connectivity index (χ1) is 7.04. The van der Waals surface area contributed by atoms with Gasteiger partial charge >= 0.3 is 6.18 Å². The molecule has 2 nitrogen and oxygen atoms in total. The SMILES string of the molecule is FC(F)(F)c1ccn(CCCCCI)n1. The molecule has 0 aliphatic rings. The molecule has 0 aromatic carbocycles. The van der Waals surface area contributed by atoms with E-state index in [-0.39, 0.29) is 0 Å². The highest BCUT2D eigenvalue weighted by Gasteiger charge is 2.33. The van der Waals surface area contributed by atoms with Gasteiger partial charge in [-0.15, -0.1) is 0 Å². The van der Waals surface area contributed by atoms with E-state index < -0.39 is 11.9 Å². The van der Waals surface area contributed by atoms with Crippen LogP contribution in [0.25, 0.3) is 0 Å². The second-order valence-electron chi connectivity index (χ2n) is 3.21. The number of hydrogen-bond donors (Lipinski definition) is 0. The third-order valence-electron chi connectivity index (χ3n) is 1.95.